The summed E-state index contributed by atoms with van der Waals surface area (Å²) in [5, 5.41) is 10.5. The predicted molar refractivity (Wildman–Crippen MR) is 66.2 cm³/mol. The summed E-state index contributed by atoms with van der Waals surface area (Å²) in [6, 6.07) is 0. The van der Waals surface area contributed by atoms with Crippen molar-refractivity contribution in [2.75, 3.05) is 0 Å². The van der Waals surface area contributed by atoms with Gasteiger partial charge in [0.1, 0.15) is 0 Å². The topological polar surface area (TPSA) is 20.2 Å². The van der Waals surface area contributed by atoms with Crippen molar-refractivity contribution < 1.29 is 5.11 Å². The highest BCUT2D eigenvalue weighted by molar-refractivity contribution is 5.38. The van der Waals surface area contributed by atoms with E-state index in [1.807, 2.05) is 0 Å². The molecular formula is C15H22O. The monoisotopic (exact) mass is 218 g/mol. The molecule has 88 valence electrons. The largest absolute Gasteiger partial charge is 0.384 e. The van der Waals surface area contributed by atoms with Crippen LogP contribution < -0.4 is 0 Å². The van der Waals surface area contributed by atoms with Crippen molar-refractivity contribution >= 4 is 0 Å². The van der Waals surface area contributed by atoms with Crippen LogP contribution in [0.4, 0.5) is 0 Å². The van der Waals surface area contributed by atoms with Gasteiger partial charge in [-0.1, -0.05) is 11.1 Å². The van der Waals surface area contributed by atoms with Gasteiger partial charge in [-0.15, -0.1) is 0 Å². The molecule has 0 radical (unpaired) electrons. The number of rotatable bonds is 0. The molecule has 0 atom stereocenters. The highest BCUT2D eigenvalue weighted by atomic mass is 16.3. The zero-order valence-corrected chi connectivity index (χ0v) is 10.1. The van der Waals surface area contributed by atoms with Crippen molar-refractivity contribution in [1.29, 1.82) is 0 Å². The number of hydrogen-bond acceptors (Lipinski definition) is 1. The summed E-state index contributed by atoms with van der Waals surface area (Å²) in [6.45, 7) is 0. The van der Waals surface area contributed by atoms with Gasteiger partial charge in [0.05, 0.1) is 6.10 Å². The Labute approximate surface area is 98.2 Å². The van der Waals surface area contributed by atoms with Crippen molar-refractivity contribution in [3.8, 4) is 0 Å². The van der Waals surface area contributed by atoms with Gasteiger partial charge in [0.2, 0.25) is 0 Å². The number of aliphatic hydroxyl groups is 1. The van der Waals surface area contributed by atoms with Gasteiger partial charge in [0.25, 0.3) is 0 Å². The van der Waals surface area contributed by atoms with Crippen molar-refractivity contribution in [3.05, 3.63) is 22.3 Å². The Hall–Kier alpha value is -0.560. The highest BCUT2D eigenvalue weighted by Crippen LogP contribution is 2.42. The highest BCUT2D eigenvalue weighted by Gasteiger charge is 2.30. The molecular weight excluding hydrogens is 196 g/mol. The first-order valence-electron chi connectivity index (χ1n) is 6.96. The maximum Gasteiger partial charge on any atom is 0.0966 e. The van der Waals surface area contributed by atoms with Crippen molar-refractivity contribution in [2.24, 2.45) is 0 Å². The minimum Gasteiger partial charge on any atom is -0.384 e. The summed E-state index contributed by atoms with van der Waals surface area (Å²) in [5.41, 5.74) is 6.01. The van der Waals surface area contributed by atoms with Gasteiger partial charge in [-0.05, 0) is 75.4 Å². The summed E-state index contributed by atoms with van der Waals surface area (Å²) in [6.07, 6.45) is 12.5. The van der Waals surface area contributed by atoms with Crippen LogP contribution in [0.15, 0.2) is 22.3 Å². The molecule has 0 aromatic rings. The molecule has 1 N–H and O–H groups in total. The molecule has 0 saturated heterocycles. The van der Waals surface area contributed by atoms with Gasteiger partial charge in [-0.3, -0.25) is 0 Å². The van der Waals surface area contributed by atoms with E-state index in [1.54, 1.807) is 11.1 Å². The van der Waals surface area contributed by atoms with E-state index in [0.717, 1.165) is 12.8 Å². The van der Waals surface area contributed by atoms with Crippen molar-refractivity contribution in [3.63, 3.8) is 0 Å². The van der Waals surface area contributed by atoms with E-state index in [1.165, 1.54) is 62.5 Å². The Kier molecular flexibility index (Phi) is 2.89. The zero-order valence-electron chi connectivity index (χ0n) is 10.1. The molecule has 0 spiro atoms. The van der Waals surface area contributed by atoms with Crippen LogP contribution in [0, 0.1) is 0 Å². The molecule has 1 heteroatoms. The van der Waals surface area contributed by atoms with Gasteiger partial charge in [0, 0.05) is 0 Å². The van der Waals surface area contributed by atoms with E-state index in [-0.39, 0.29) is 6.10 Å². The Morgan fingerprint density at radius 2 is 1.00 bits per heavy atom. The van der Waals surface area contributed by atoms with Crippen molar-refractivity contribution in [2.45, 2.75) is 70.3 Å². The first kappa shape index (κ1) is 10.6. The van der Waals surface area contributed by atoms with Crippen LogP contribution in [0.3, 0.4) is 0 Å². The van der Waals surface area contributed by atoms with Crippen LogP contribution in [-0.4, -0.2) is 11.2 Å². The predicted octanol–water partition coefficient (Wildman–Crippen LogP) is 3.88. The molecule has 0 bridgehead atoms. The van der Waals surface area contributed by atoms with Crippen LogP contribution in [0.1, 0.15) is 64.2 Å². The standard InChI is InChI=1S/C15H22O/c16-15-13(11-5-1-2-6-11)9-10-14(15)12-7-3-4-8-12/h15-16H,1-10H2. The fraction of sp³-hybridized carbons (Fsp3) is 0.733. The van der Waals surface area contributed by atoms with Gasteiger partial charge in [-0.2, -0.15) is 0 Å². The lowest BCUT2D eigenvalue weighted by Gasteiger charge is -2.12. The van der Waals surface area contributed by atoms with E-state index >= 15 is 0 Å². The van der Waals surface area contributed by atoms with Crippen LogP contribution >= 0.6 is 0 Å². The normalized spacial score (nSPS) is 27.6. The molecule has 0 aromatic carbocycles. The van der Waals surface area contributed by atoms with E-state index in [9.17, 15) is 5.11 Å². The molecule has 3 saturated carbocycles. The molecule has 0 amide bonds. The summed E-state index contributed by atoms with van der Waals surface area (Å²) < 4.78 is 0. The van der Waals surface area contributed by atoms with E-state index in [4.69, 9.17) is 0 Å². The molecule has 16 heavy (non-hydrogen) atoms. The average Bonchev–Trinajstić information content (AvgIpc) is 2.96. The first-order chi connectivity index (χ1) is 7.86. The Bertz CT molecular complexity index is 298. The summed E-state index contributed by atoms with van der Waals surface area (Å²) >= 11 is 0. The van der Waals surface area contributed by atoms with E-state index < -0.39 is 0 Å². The molecule has 0 unspecified atom stereocenters. The minimum absolute atomic E-state index is 0.179. The molecule has 3 fully saturated rings. The van der Waals surface area contributed by atoms with E-state index in [0.29, 0.717) is 0 Å². The lowest BCUT2D eigenvalue weighted by molar-refractivity contribution is 0.252. The van der Waals surface area contributed by atoms with Gasteiger partial charge in [0.15, 0.2) is 0 Å². The molecule has 3 rings (SSSR count). The minimum atomic E-state index is -0.179. The number of hydrogen-bond donors (Lipinski definition) is 1. The lowest BCUT2D eigenvalue weighted by atomic mass is 10.00. The summed E-state index contributed by atoms with van der Waals surface area (Å²) in [4.78, 5) is 0. The maximum absolute atomic E-state index is 10.5. The Morgan fingerprint density at radius 1 is 0.625 bits per heavy atom. The van der Waals surface area contributed by atoms with E-state index in [2.05, 4.69) is 0 Å². The number of allylic oxidation sites excluding steroid dienone is 2. The molecule has 1 nitrogen and oxygen atoms in total. The number of aliphatic hydroxyl groups excluding tert-OH is 1. The Morgan fingerprint density at radius 3 is 1.38 bits per heavy atom. The first-order valence-corrected chi connectivity index (χ1v) is 6.96. The summed E-state index contributed by atoms with van der Waals surface area (Å²) in [7, 11) is 0. The zero-order chi connectivity index (χ0) is 11.0. The molecule has 3 aliphatic carbocycles. The third-order valence-corrected chi connectivity index (χ3v) is 4.65. The smallest absolute Gasteiger partial charge is 0.0966 e. The fourth-order valence-electron chi connectivity index (χ4n) is 3.74. The summed E-state index contributed by atoms with van der Waals surface area (Å²) in [5.74, 6) is 0. The Balaban J connectivity index is 1.87. The molecule has 0 heterocycles. The average molecular weight is 218 g/mol. The van der Waals surface area contributed by atoms with Gasteiger partial charge in [-0.25, -0.2) is 0 Å². The van der Waals surface area contributed by atoms with Crippen LogP contribution in [0.2, 0.25) is 0 Å². The third kappa shape index (κ3) is 1.75. The third-order valence-electron chi connectivity index (χ3n) is 4.65. The van der Waals surface area contributed by atoms with Crippen LogP contribution in [-0.2, 0) is 0 Å². The fourth-order valence-corrected chi connectivity index (χ4v) is 3.74. The van der Waals surface area contributed by atoms with Crippen LogP contribution in [0.25, 0.3) is 0 Å². The second-order valence-electron chi connectivity index (χ2n) is 5.57. The second kappa shape index (κ2) is 4.37. The molecule has 3 aliphatic rings. The lowest BCUT2D eigenvalue weighted by Crippen LogP contribution is -2.08. The molecule has 0 aromatic heterocycles. The SMILES string of the molecule is OC1C(=C2CCCC2)CCC1=C1CCCC1. The van der Waals surface area contributed by atoms with Crippen molar-refractivity contribution in [1.82, 2.24) is 0 Å². The quantitative estimate of drug-likeness (QED) is 0.612. The van der Waals surface area contributed by atoms with Gasteiger partial charge >= 0.3 is 0 Å². The van der Waals surface area contributed by atoms with Gasteiger partial charge < -0.3 is 5.11 Å². The van der Waals surface area contributed by atoms with Crippen LogP contribution in [0.5, 0.6) is 0 Å². The maximum atomic E-state index is 10.5. The molecule has 0 aliphatic heterocycles. The second-order valence-corrected chi connectivity index (χ2v) is 5.57.